The molecule has 0 aliphatic carbocycles. The molecule has 0 aromatic rings. The molecular formula is C19H28N2O4. The third kappa shape index (κ3) is 7.03. The highest BCUT2D eigenvalue weighted by Gasteiger charge is 2.25. The Balaban J connectivity index is 0.000000251. The van der Waals surface area contributed by atoms with E-state index in [-0.39, 0.29) is 41.4 Å². The van der Waals surface area contributed by atoms with Gasteiger partial charge in [0, 0.05) is 12.3 Å². The van der Waals surface area contributed by atoms with Crippen molar-refractivity contribution in [3.05, 3.63) is 25.3 Å². The fourth-order valence-electron chi connectivity index (χ4n) is 2.83. The first kappa shape index (κ1) is 20.8. The average molecular weight is 348 g/mol. The molecule has 138 valence electrons. The van der Waals surface area contributed by atoms with E-state index in [4.69, 9.17) is 0 Å². The molecule has 3 unspecified atom stereocenters. The number of carbonyl (C=O) groups excluding carboxylic acids is 4. The third-order valence-electron chi connectivity index (χ3n) is 4.47. The molecule has 2 saturated heterocycles. The Morgan fingerprint density at radius 1 is 0.920 bits per heavy atom. The number of nitrogens with one attached hydrogen (secondary N) is 2. The van der Waals surface area contributed by atoms with Gasteiger partial charge in [-0.15, -0.1) is 0 Å². The third-order valence-corrected chi connectivity index (χ3v) is 4.47. The first-order valence-corrected chi connectivity index (χ1v) is 8.81. The zero-order chi connectivity index (χ0) is 18.8. The molecule has 3 atom stereocenters. The van der Waals surface area contributed by atoms with Crippen molar-refractivity contribution in [2.45, 2.75) is 64.0 Å². The predicted octanol–water partition coefficient (Wildman–Crippen LogP) is 1.85. The second-order valence-electron chi connectivity index (χ2n) is 6.47. The first-order chi connectivity index (χ1) is 11.9. The molecule has 0 aromatic carbocycles. The molecule has 0 saturated carbocycles. The molecule has 2 aliphatic heterocycles. The van der Waals surface area contributed by atoms with Crippen LogP contribution in [0.1, 0.15) is 51.9 Å². The zero-order valence-corrected chi connectivity index (χ0v) is 14.9. The molecule has 2 aliphatic rings. The topological polar surface area (TPSA) is 92.3 Å². The number of carbonyl (C=O) groups is 4. The monoisotopic (exact) mass is 348 g/mol. The lowest BCUT2D eigenvalue weighted by Crippen LogP contribution is -2.40. The van der Waals surface area contributed by atoms with Crippen LogP contribution in [0.25, 0.3) is 0 Å². The number of amides is 2. The summed E-state index contributed by atoms with van der Waals surface area (Å²) >= 11 is 0. The standard InChI is InChI=1S/C10H15NO2.C9H13NO2/c1-3-9(12)8-6-4-5-7(2)10(13)11-8;1-2-8(11)7-5-3-4-6-9(12)10-7/h3,7-8H,1,4-6H2,2H3,(H,11,13);2,7H,1,3-6H2,(H,10,12). The van der Waals surface area contributed by atoms with E-state index >= 15 is 0 Å². The highest BCUT2D eigenvalue weighted by molar-refractivity contribution is 5.97. The van der Waals surface area contributed by atoms with E-state index in [2.05, 4.69) is 23.8 Å². The largest absolute Gasteiger partial charge is 0.346 e. The molecule has 6 nitrogen and oxygen atoms in total. The normalized spacial score (nSPS) is 26.5. The number of hydrogen-bond acceptors (Lipinski definition) is 4. The molecule has 2 N–H and O–H groups in total. The Bertz CT molecular complexity index is 542. The summed E-state index contributed by atoms with van der Waals surface area (Å²) in [4.78, 5) is 44.7. The summed E-state index contributed by atoms with van der Waals surface area (Å²) < 4.78 is 0. The Labute approximate surface area is 149 Å². The van der Waals surface area contributed by atoms with Crippen LogP contribution in [0.5, 0.6) is 0 Å². The van der Waals surface area contributed by atoms with Gasteiger partial charge in [0.05, 0.1) is 12.1 Å². The van der Waals surface area contributed by atoms with Crippen LogP contribution in [0.3, 0.4) is 0 Å². The van der Waals surface area contributed by atoms with Crippen LogP contribution in [0.4, 0.5) is 0 Å². The maximum atomic E-state index is 11.3. The molecule has 2 amide bonds. The van der Waals surface area contributed by atoms with Gasteiger partial charge in [-0.05, 0) is 37.8 Å². The lowest BCUT2D eigenvalue weighted by Gasteiger charge is -2.12. The van der Waals surface area contributed by atoms with Crippen LogP contribution in [0, 0.1) is 5.92 Å². The van der Waals surface area contributed by atoms with Gasteiger partial charge >= 0.3 is 0 Å². The minimum absolute atomic E-state index is 0.0160. The molecule has 0 spiro atoms. The highest BCUT2D eigenvalue weighted by atomic mass is 16.2. The van der Waals surface area contributed by atoms with E-state index in [0.717, 1.165) is 38.5 Å². The van der Waals surface area contributed by atoms with Crippen molar-refractivity contribution >= 4 is 23.4 Å². The maximum absolute atomic E-state index is 11.3. The number of ketones is 2. The first-order valence-electron chi connectivity index (χ1n) is 8.81. The van der Waals surface area contributed by atoms with E-state index in [1.165, 1.54) is 12.2 Å². The van der Waals surface area contributed by atoms with Crippen molar-refractivity contribution in [3.8, 4) is 0 Å². The second-order valence-corrected chi connectivity index (χ2v) is 6.47. The summed E-state index contributed by atoms with van der Waals surface area (Å²) in [5.74, 6) is -0.166. The summed E-state index contributed by atoms with van der Waals surface area (Å²) in [6, 6.07) is -0.660. The molecule has 25 heavy (non-hydrogen) atoms. The average Bonchev–Trinajstić information content (AvgIpc) is 2.92. The van der Waals surface area contributed by atoms with Gasteiger partial charge in [-0.25, -0.2) is 0 Å². The molecule has 0 aromatic heterocycles. The molecule has 0 bridgehead atoms. The van der Waals surface area contributed by atoms with Crippen molar-refractivity contribution in [1.82, 2.24) is 10.6 Å². The summed E-state index contributed by atoms with van der Waals surface area (Å²) in [6.07, 6.45) is 8.18. The lowest BCUT2D eigenvalue weighted by atomic mass is 10.0. The zero-order valence-electron chi connectivity index (χ0n) is 14.9. The van der Waals surface area contributed by atoms with Crippen LogP contribution in [-0.2, 0) is 19.2 Å². The van der Waals surface area contributed by atoms with Gasteiger partial charge in [-0.2, -0.15) is 0 Å². The van der Waals surface area contributed by atoms with Crippen molar-refractivity contribution in [3.63, 3.8) is 0 Å². The van der Waals surface area contributed by atoms with Crippen molar-refractivity contribution < 1.29 is 19.2 Å². The quantitative estimate of drug-likeness (QED) is 0.758. The summed E-state index contributed by atoms with van der Waals surface area (Å²) in [7, 11) is 0. The van der Waals surface area contributed by atoms with Gasteiger partial charge in [0.2, 0.25) is 11.8 Å². The Morgan fingerprint density at radius 3 is 2.08 bits per heavy atom. The van der Waals surface area contributed by atoms with E-state index in [1.807, 2.05) is 6.92 Å². The van der Waals surface area contributed by atoms with E-state index < -0.39 is 0 Å². The SMILES string of the molecule is C=CC(=O)C1CCCC(C)C(=O)N1.C=CC(=O)C1CCCCC(=O)N1. The van der Waals surface area contributed by atoms with Gasteiger partial charge in [0.25, 0.3) is 0 Å². The smallest absolute Gasteiger partial charge is 0.223 e. The predicted molar refractivity (Wildman–Crippen MR) is 95.8 cm³/mol. The number of rotatable bonds is 4. The van der Waals surface area contributed by atoms with Crippen LogP contribution >= 0.6 is 0 Å². The Morgan fingerprint density at radius 2 is 1.48 bits per heavy atom. The fraction of sp³-hybridized carbons (Fsp3) is 0.579. The van der Waals surface area contributed by atoms with E-state index in [0.29, 0.717) is 6.42 Å². The van der Waals surface area contributed by atoms with Crippen LogP contribution in [0.15, 0.2) is 25.3 Å². The number of hydrogen-bond donors (Lipinski definition) is 2. The molecule has 2 heterocycles. The molecular weight excluding hydrogens is 320 g/mol. The van der Waals surface area contributed by atoms with Crippen LogP contribution in [-0.4, -0.2) is 35.5 Å². The van der Waals surface area contributed by atoms with E-state index in [9.17, 15) is 19.2 Å². The summed E-state index contributed by atoms with van der Waals surface area (Å²) in [5, 5.41) is 5.39. The van der Waals surface area contributed by atoms with Gasteiger partial charge in [-0.3, -0.25) is 19.2 Å². The minimum atomic E-state index is -0.338. The molecule has 6 heteroatoms. The Hall–Kier alpha value is -2.24. The van der Waals surface area contributed by atoms with Crippen LogP contribution < -0.4 is 10.6 Å². The van der Waals surface area contributed by atoms with Crippen molar-refractivity contribution in [1.29, 1.82) is 0 Å². The Kier molecular flexibility index (Phi) is 8.81. The maximum Gasteiger partial charge on any atom is 0.223 e. The second kappa shape index (κ2) is 10.6. The molecule has 0 radical (unpaired) electrons. The van der Waals surface area contributed by atoms with Gasteiger partial charge in [0.1, 0.15) is 0 Å². The van der Waals surface area contributed by atoms with Gasteiger partial charge in [0.15, 0.2) is 11.6 Å². The summed E-state index contributed by atoms with van der Waals surface area (Å²) in [5.41, 5.74) is 0. The highest BCUT2D eigenvalue weighted by Crippen LogP contribution is 2.15. The minimum Gasteiger partial charge on any atom is -0.346 e. The van der Waals surface area contributed by atoms with Gasteiger partial charge in [-0.1, -0.05) is 32.9 Å². The van der Waals surface area contributed by atoms with Crippen LogP contribution in [0.2, 0.25) is 0 Å². The molecule has 2 fully saturated rings. The molecule has 2 rings (SSSR count). The van der Waals surface area contributed by atoms with E-state index in [1.54, 1.807) is 0 Å². The van der Waals surface area contributed by atoms with Crippen molar-refractivity contribution in [2.24, 2.45) is 5.92 Å². The van der Waals surface area contributed by atoms with Crippen molar-refractivity contribution in [2.75, 3.05) is 0 Å². The summed E-state index contributed by atoms with van der Waals surface area (Å²) in [6.45, 7) is 8.69. The lowest BCUT2D eigenvalue weighted by molar-refractivity contribution is -0.127. The van der Waals surface area contributed by atoms with Gasteiger partial charge < -0.3 is 10.6 Å². The fourth-order valence-corrected chi connectivity index (χ4v) is 2.83.